The van der Waals surface area contributed by atoms with Gasteiger partial charge >= 0.3 is 0 Å². The predicted octanol–water partition coefficient (Wildman–Crippen LogP) is 19.5. The molecule has 0 N–H and O–H groups in total. The second kappa shape index (κ2) is 16.0. The molecular weight excluding hydrogens is 929 g/mol. The van der Waals surface area contributed by atoms with Gasteiger partial charge in [-0.05, 0) is 166 Å². The lowest BCUT2D eigenvalue weighted by molar-refractivity contribution is 0.794. The number of hydrogen-bond acceptors (Lipinski definition) is 0. The van der Waals surface area contributed by atoms with Crippen LogP contribution in [-0.4, -0.2) is 9.13 Å². The molecule has 0 aliphatic heterocycles. The molecule has 2 nitrogen and oxygen atoms in total. The van der Waals surface area contributed by atoms with Crippen LogP contribution in [0.3, 0.4) is 0 Å². The molecule has 0 unspecified atom stereocenters. The minimum Gasteiger partial charge on any atom is -0.309 e. The maximum Gasteiger partial charge on any atom is 0.0725 e. The molecule has 356 valence electrons. The second-order valence-corrected chi connectivity index (χ2v) is 21.0. The van der Waals surface area contributed by atoms with E-state index in [2.05, 4.69) is 288 Å². The summed E-state index contributed by atoms with van der Waals surface area (Å²) in [5.74, 6) is 0. The SMILES string of the molecule is c1ccc(-n2c3ccccc3c3cc(-c4ccc5c(c4)c4ccccc4n5-c4ccc(-c5c6ccccc6c(-c6ccc7c(c6)C6(c8ccccc8-c8ccccc86)c6ccccc6-7)c6ccccc56)cc4)ccc32)cc1. The van der Waals surface area contributed by atoms with Crippen LogP contribution in [0.4, 0.5) is 0 Å². The number of rotatable bonds is 5. The molecule has 2 aromatic heterocycles. The van der Waals surface area contributed by atoms with Crippen molar-refractivity contribution in [2.75, 3.05) is 0 Å². The van der Waals surface area contributed by atoms with Crippen molar-refractivity contribution < 1.29 is 0 Å². The third-order valence-corrected chi connectivity index (χ3v) is 17.3. The molecule has 0 atom stereocenters. The van der Waals surface area contributed by atoms with Gasteiger partial charge in [0.1, 0.15) is 0 Å². The van der Waals surface area contributed by atoms with Gasteiger partial charge < -0.3 is 9.13 Å². The Morgan fingerprint density at radius 3 is 1.05 bits per heavy atom. The van der Waals surface area contributed by atoms with E-state index in [0.717, 1.165) is 5.69 Å². The zero-order valence-electron chi connectivity index (χ0n) is 42.0. The van der Waals surface area contributed by atoms with Crippen molar-refractivity contribution in [3.05, 3.63) is 301 Å². The minimum atomic E-state index is -0.414. The second-order valence-electron chi connectivity index (χ2n) is 21.0. The summed E-state index contributed by atoms with van der Waals surface area (Å²) in [6, 6.07) is 104. The quantitative estimate of drug-likeness (QED) is 0.152. The Labute approximate surface area is 445 Å². The van der Waals surface area contributed by atoms with Crippen LogP contribution >= 0.6 is 0 Å². The van der Waals surface area contributed by atoms with Gasteiger partial charge in [0, 0.05) is 32.9 Å². The molecule has 0 bridgehead atoms. The third kappa shape index (κ3) is 5.79. The first-order valence-electron chi connectivity index (χ1n) is 26.8. The molecule has 0 radical (unpaired) electrons. The maximum atomic E-state index is 2.54. The van der Waals surface area contributed by atoms with E-state index >= 15 is 0 Å². The Morgan fingerprint density at radius 1 is 0.208 bits per heavy atom. The van der Waals surface area contributed by atoms with Gasteiger partial charge in [-0.3, -0.25) is 0 Å². The molecule has 2 heteroatoms. The first-order valence-corrected chi connectivity index (χ1v) is 26.8. The summed E-state index contributed by atoms with van der Waals surface area (Å²) < 4.78 is 4.82. The lowest BCUT2D eigenvalue weighted by atomic mass is 9.70. The molecule has 0 amide bonds. The summed E-state index contributed by atoms with van der Waals surface area (Å²) in [6.07, 6.45) is 0. The zero-order valence-corrected chi connectivity index (χ0v) is 42.0. The molecule has 0 saturated heterocycles. The monoisotopic (exact) mass is 974 g/mol. The highest BCUT2D eigenvalue weighted by molar-refractivity contribution is 6.22. The lowest BCUT2D eigenvalue weighted by Crippen LogP contribution is -2.25. The molecule has 2 aliphatic rings. The molecule has 77 heavy (non-hydrogen) atoms. The van der Waals surface area contributed by atoms with Crippen LogP contribution in [-0.2, 0) is 5.41 Å². The summed E-state index contributed by atoms with van der Waals surface area (Å²) in [5, 5.41) is 9.99. The van der Waals surface area contributed by atoms with E-state index in [-0.39, 0.29) is 0 Å². The van der Waals surface area contributed by atoms with E-state index in [1.807, 2.05) is 0 Å². The summed E-state index contributed by atoms with van der Waals surface area (Å²) in [7, 11) is 0. The van der Waals surface area contributed by atoms with E-state index in [0.29, 0.717) is 0 Å². The van der Waals surface area contributed by atoms with Gasteiger partial charge in [0.05, 0.1) is 27.5 Å². The maximum absolute atomic E-state index is 2.54. The fourth-order valence-electron chi connectivity index (χ4n) is 14.2. The molecule has 2 heterocycles. The Kier molecular flexibility index (Phi) is 8.80. The smallest absolute Gasteiger partial charge is 0.0725 e. The molecule has 0 saturated carbocycles. The van der Waals surface area contributed by atoms with Gasteiger partial charge in [-0.2, -0.15) is 0 Å². The van der Waals surface area contributed by atoms with Crippen LogP contribution in [0.15, 0.2) is 279 Å². The van der Waals surface area contributed by atoms with Crippen molar-refractivity contribution in [1.29, 1.82) is 0 Å². The van der Waals surface area contributed by atoms with Crippen molar-refractivity contribution >= 4 is 65.2 Å². The number of benzene rings is 13. The van der Waals surface area contributed by atoms with Crippen LogP contribution in [0.25, 0.3) is 132 Å². The van der Waals surface area contributed by atoms with Crippen molar-refractivity contribution in [3.63, 3.8) is 0 Å². The van der Waals surface area contributed by atoms with Crippen LogP contribution in [0.2, 0.25) is 0 Å². The number of fused-ring (bicyclic) bond motifs is 18. The fourth-order valence-corrected chi connectivity index (χ4v) is 14.2. The molecule has 2 aliphatic carbocycles. The Bertz CT molecular complexity index is 4850. The van der Waals surface area contributed by atoms with Gasteiger partial charge in [0.15, 0.2) is 0 Å². The Morgan fingerprint density at radius 2 is 0.558 bits per heavy atom. The van der Waals surface area contributed by atoms with Crippen LogP contribution in [0, 0.1) is 0 Å². The summed E-state index contributed by atoms with van der Waals surface area (Å²) in [5.41, 5.74) is 24.8. The predicted molar refractivity (Wildman–Crippen MR) is 323 cm³/mol. The Balaban J connectivity index is 0.795. The van der Waals surface area contributed by atoms with E-state index in [4.69, 9.17) is 0 Å². The number of hydrogen-bond donors (Lipinski definition) is 0. The highest BCUT2D eigenvalue weighted by Crippen LogP contribution is 2.63. The van der Waals surface area contributed by atoms with Crippen LogP contribution in [0.1, 0.15) is 22.3 Å². The average Bonchev–Trinajstić information content (AvgIpc) is 4.39. The number of nitrogens with zero attached hydrogens (tertiary/aromatic N) is 2. The van der Waals surface area contributed by atoms with Crippen LogP contribution < -0.4 is 0 Å². The van der Waals surface area contributed by atoms with E-state index in [1.165, 1.54) is 149 Å². The van der Waals surface area contributed by atoms with Crippen molar-refractivity contribution in [1.82, 2.24) is 9.13 Å². The molecule has 13 aromatic carbocycles. The van der Waals surface area contributed by atoms with Crippen molar-refractivity contribution in [3.8, 4) is 67.0 Å². The third-order valence-electron chi connectivity index (χ3n) is 17.3. The lowest BCUT2D eigenvalue weighted by Gasteiger charge is -2.30. The topological polar surface area (TPSA) is 9.86 Å². The summed E-state index contributed by atoms with van der Waals surface area (Å²) in [4.78, 5) is 0. The molecule has 1 spiro atoms. The van der Waals surface area contributed by atoms with Crippen molar-refractivity contribution in [2.24, 2.45) is 0 Å². The first kappa shape index (κ1) is 42.3. The Hall–Kier alpha value is -10.0. The van der Waals surface area contributed by atoms with Gasteiger partial charge in [-0.25, -0.2) is 0 Å². The van der Waals surface area contributed by atoms with Gasteiger partial charge in [0.2, 0.25) is 0 Å². The summed E-state index contributed by atoms with van der Waals surface area (Å²) in [6.45, 7) is 0. The molecular formula is C75H46N2. The molecule has 17 rings (SSSR count). The van der Waals surface area contributed by atoms with E-state index in [1.54, 1.807) is 0 Å². The largest absolute Gasteiger partial charge is 0.309 e. The summed E-state index contributed by atoms with van der Waals surface area (Å²) >= 11 is 0. The fraction of sp³-hybridized carbons (Fsp3) is 0.0133. The standard InChI is InChI=1S/C75H46N2/c1-2-18-51(19-3-1)76-69-32-16-11-23-57(69)63-44-48(37-42-71(63)76)49-38-43-72-64(45-49)58-24-12-17-33-70(58)77(72)52-39-34-47(35-40-52)73-59-25-4-6-27-61(59)74(62-28-7-5-26-60(62)73)50-36-41-56-55-22-10-15-31-67(55)75(68(56)46-50)65-29-13-8-20-53(65)54-21-9-14-30-66(54)75/h1-46H. The van der Waals surface area contributed by atoms with Gasteiger partial charge in [-0.1, -0.05) is 212 Å². The van der Waals surface area contributed by atoms with E-state index < -0.39 is 5.41 Å². The highest BCUT2D eigenvalue weighted by Gasteiger charge is 2.51. The molecule has 0 fully saturated rings. The minimum absolute atomic E-state index is 0.414. The van der Waals surface area contributed by atoms with E-state index in [9.17, 15) is 0 Å². The van der Waals surface area contributed by atoms with Gasteiger partial charge in [-0.15, -0.1) is 0 Å². The van der Waals surface area contributed by atoms with Crippen LogP contribution in [0.5, 0.6) is 0 Å². The average molecular weight is 975 g/mol. The van der Waals surface area contributed by atoms with Gasteiger partial charge in [0.25, 0.3) is 0 Å². The number of para-hydroxylation sites is 3. The molecule has 15 aromatic rings. The normalized spacial score (nSPS) is 13.0. The first-order chi connectivity index (χ1) is 38.2. The zero-order chi connectivity index (χ0) is 50.3. The number of aromatic nitrogens is 2. The highest BCUT2D eigenvalue weighted by atomic mass is 15.0. The van der Waals surface area contributed by atoms with Crippen molar-refractivity contribution in [2.45, 2.75) is 5.41 Å².